The van der Waals surface area contributed by atoms with E-state index in [2.05, 4.69) is 5.32 Å². The number of rotatable bonds is 1. The molecule has 0 radical (unpaired) electrons. The second-order valence-corrected chi connectivity index (χ2v) is 5.55. The van der Waals surface area contributed by atoms with Gasteiger partial charge in [-0.15, -0.1) is 0 Å². The van der Waals surface area contributed by atoms with Crippen molar-refractivity contribution in [1.82, 2.24) is 5.32 Å². The van der Waals surface area contributed by atoms with Crippen molar-refractivity contribution in [3.05, 3.63) is 0 Å². The Hall–Kier alpha value is -0.770. The third-order valence-corrected chi connectivity index (χ3v) is 2.77. The molecule has 4 nitrogen and oxygen atoms in total. The van der Waals surface area contributed by atoms with Crippen molar-refractivity contribution >= 4 is 6.09 Å². The summed E-state index contributed by atoms with van der Waals surface area (Å²) in [6, 6.07) is 0.132. The van der Waals surface area contributed by atoms with Crippen LogP contribution in [0.2, 0.25) is 0 Å². The lowest BCUT2D eigenvalue weighted by Crippen LogP contribution is -2.48. The molecular weight excluding hydrogens is 204 g/mol. The Balaban J connectivity index is 2.42. The highest BCUT2D eigenvalue weighted by Gasteiger charge is 2.24. The van der Waals surface area contributed by atoms with Gasteiger partial charge in [0, 0.05) is 12.1 Å². The second-order valence-electron chi connectivity index (χ2n) is 5.55. The average molecular weight is 228 g/mol. The zero-order chi connectivity index (χ0) is 12.2. The van der Waals surface area contributed by atoms with Gasteiger partial charge in [-0.1, -0.05) is 19.3 Å². The quantitative estimate of drug-likeness (QED) is 0.676. The molecule has 1 fully saturated rings. The van der Waals surface area contributed by atoms with E-state index in [9.17, 15) is 4.79 Å². The maximum absolute atomic E-state index is 11.6. The zero-order valence-corrected chi connectivity index (χ0v) is 10.6. The molecule has 3 N–H and O–H groups in total. The predicted molar refractivity (Wildman–Crippen MR) is 64.2 cm³/mol. The van der Waals surface area contributed by atoms with E-state index in [1.165, 1.54) is 6.42 Å². The van der Waals surface area contributed by atoms with Crippen molar-refractivity contribution in [2.75, 3.05) is 0 Å². The van der Waals surface area contributed by atoms with E-state index >= 15 is 0 Å². The average Bonchev–Trinajstić information content (AvgIpc) is 2.29. The fourth-order valence-corrected chi connectivity index (χ4v) is 1.97. The fraction of sp³-hybridized carbons (Fsp3) is 0.917. The summed E-state index contributed by atoms with van der Waals surface area (Å²) in [5.74, 6) is 0. The summed E-state index contributed by atoms with van der Waals surface area (Å²) < 4.78 is 5.22. The molecular formula is C12H24N2O2. The first-order valence-corrected chi connectivity index (χ1v) is 6.13. The van der Waals surface area contributed by atoms with Crippen LogP contribution >= 0.6 is 0 Å². The number of amides is 1. The molecule has 1 saturated carbocycles. The maximum Gasteiger partial charge on any atom is 0.407 e. The Bertz CT molecular complexity index is 236. The highest BCUT2D eigenvalue weighted by atomic mass is 16.6. The zero-order valence-electron chi connectivity index (χ0n) is 10.6. The molecule has 0 aromatic carbocycles. The molecule has 1 aliphatic rings. The standard InChI is InChI=1S/C12H24N2O2/c1-12(2,3)16-11(15)14-10-8-6-4-5-7-9(10)13/h9-10H,4-8,13H2,1-3H3,(H,14,15)/t9-,10-/m1/s1. The van der Waals surface area contributed by atoms with Gasteiger partial charge in [0.05, 0.1) is 0 Å². The summed E-state index contributed by atoms with van der Waals surface area (Å²) in [7, 11) is 0. The lowest BCUT2D eigenvalue weighted by atomic mass is 10.0. The second kappa shape index (κ2) is 5.53. The molecule has 0 saturated heterocycles. The highest BCUT2D eigenvalue weighted by molar-refractivity contribution is 5.68. The predicted octanol–water partition coefficient (Wildman–Crippen LogP) is 2.17. The van der Waals surface area contributed by atoms with Gasteiger partial charge in [0.15, 0.2) is 0 Å². The summed E-state index contributed by atoms with van der Waals surface area (Å²) >= 11 is 0. The molecule has 4 heteroatoms. The number of alkyl carbamates (subject to hydrolysis) is 1. The minimum Gasteiger partial charge on any atom is -0.444 e. The van der Waals surface area contributed by atoms with Crippen molar-refractivity contribution < 1.29 is 9.53 Å². The third kappa shape index (κ3) is 4.84. The molecule has 1 aliphatic carbocycles. The van der Waals surface area contributed by atoms with Crippen LogP contribution in [-0.2, 0) is 4.74 Å². The lowest BCUT2D eigenvalue weighted by Gasteiger charge is -2.25. The molecule has 0 aliphatic heterocycles. The van der Waals surface area contributed by atoms with Crippen LogP contribution in [0.4, 0.5) is 4.79 Å². The molecule has 1 amide bonds. The van der Waals surface area contributed by atoms with Crippen LogP contribution in [0.15, 0.2) is 0 Å². The Labute approximate surface area is 97.9 Å². The van der Waals surface area contributed by atoms with Crippen molar-refractivity contribution in [1.29, 1.82) is 0 Å². The monoisotopic (exact) mass is 228 g/mol. The fourth-order valence-electron chi connectivity index (χ4n) is 1.97. The van der Waals surface area contributed by atoms with Crippen LogP contribution in [0.1, 0.15) is 52.9 Å². The number of ether oxygens (including phenoxy) is 1. The highest BCUT2D eigenvalue weighted by Crippen LogP contribution is 2.17. The van der Waals surface area contributed by atoms with E-state index in [1.54, 1.807) is 0 Å². The molecule has 0 spiro atoms. The van der Waals surface area contributed by atoms with Crippen molar-refractivity contribution in [2.45, 2.75) is 70.6 Å². The van der Waals surface area contributed by atoms with E-state index in [0.29, 0.717) is 0 Å². The van der Waals surface area contributed by atoms with E-state index in [-0.39, 0.29) is 18.2 Å². The number of hydrogen-bond donors (Lipinski definition) is 2. The third-order valence-electron chi connectivity index (χ3n) is 2.77. The van der Waals surface area contributed by atoms with E-state index in [4.69, 9.17) is 10.5 Å². The van der Waals surface area contributed by atoms with Crippen molar-refractivity contribution in [2.24, 2.45) is 5.73 Å². The molecule has 0 bridgehead atoms. The topological polar surface area (TPSA) is 64.3 Å². The summed E-state index contributed by atoms with van der Waals surface area (Å²) in [5, 5.41) is 2.88. The summed E-state index contributed by atoms with van der Waals surface area (Å²) in [6.07, 6.45) is 5.10. The van der Waals surface area contributed by atoms with E-state index < -0.39 is 5.60 Å². The number of nitrogens with one attached hydrogen (secondary N) is 1. The van der Waals surface area contributed by atoms with Gasteiger partial charge in [-0.25, -0.2) is 4.79 Å². The Morgan fingerprint density at radius 1 is 1.25 bits per heavy atom. The largest absolute Gasteiger partial charge is 0.444 e. The molecule has 0 unspecified atom stereocenters. The van der Waals surface area contributed by atoms with Crippen LogP contribution in [0, 0.1) is 0 Å². The van der Waals surface area contributed by atoms with Gasteiger partial charge in [-0.2, -0.15) is 0 Å². The van der Waals surface area contributed by atoms with Crippen LogP contribution in [0.3, 0.4) is 0 Å². The minimum atomic E-state index is -0.446. The van der Waals surface area contributed by atoms with Gasteiger partial charge in [0.2, 0.25) is 0 Å². The minimum absolute atomic E-state index is 0.0648. The number of hydrogen-bond acceptors (Lipinski definition) is 3. The van der Waals surface area contributed by atoms with Crippen molar-refractivity contribution in [3.63, 3.8) is 0 Å². The molecule has 0 aromatic heterocycles. The van der Waals surface area contributed by atoms with E-state index in [0.717, 1.165) is 25.7 Å². The number of nitrogens with two attached hydrogens (primary N) is 1. The number of carbonyl (C=O) groups is 1. The SMILES string of the molecule is CC(C)(C)OC(=O)N[C@@H]1CCCCC[C@H]1N. The Morgan fingerprint density at radius 2 is 1.88 bits per heavy atom. The molecule has 16 heavy (non-hydrogen) atoms. The molecule has 0 aromatic rings. The van der Waals surface area contributed by atoms with Crippen molar-refractivity contribution in [3.8, 4) is 0 Å². The van der Waals surface area contributed by atoms with Crippen LogP contribution in [-0.4, -0.2) is 23.8 Å². The normalized spacial score (nSPS) is 27.0. The molecule has 2 atom stereocenters. The molecule has 0 heterocycles. The molecule has 1 rings (SSSR count). The number of carbonyl (C=O) groups excluding carboxylic acids is 1. The van der Waals surface area contributed by atoms with Gasteiger partial charge in [-0.05, 0) is 33.6 Å². The van der Waals surface area contributed by atoms with Gasteiger partial charge in [0.25, 0.3) is 0 Å². The van der Waals surface area contributed by atoms with Crippen LogP contribution in [0.5, 0.6) is 0 Å². The lowest BCUT2D eigenvalue weighted by molar-refractivity contribution is 0.0494. The summed E-state index contributed by atoms with van der Waals surface area (Å²) in [5.41, 5.74) is 5.58. The first-order valence-electron chi connectivity index (χ1n) is 6.13. The Morgan fingerprint density at radius 3 is 2.50 bits per heavy atom. The smallest absolute Gasteiger partial charge is 0.407 e. The summed E-state index contributed by atoms with van der Waals surface area (Å²) in [6.45, 7) is 5.58. The van der Waals surface area contributed by atoms with E-state index in [1.807, 2.05) is 20.8 Å². The van der Waals surface area contributed by atoms with Crippen LogP contribution < -0.4 is 11.1 Å². The van der Waals surface area contributed by atoms with Gasteiger partial charge >= 0.3 is 6.09 Å². The molecule has 94 valence electrons. The Kier molecular flexibility index (Phi) is 4.59. The van der Waals surface area contributed by atoms with Gasteiger partial charge in [-0.3, -0.25) is 0 Å². The maximum atomic E-state index is 11.6. The van der Waals surface area contributed by atoms with Crippen LogP contribution in [0.25, 0.3) is 0 Å². The first kappa shape index (κ1) is 13.3. The van der Waals surface area contributed by atoms with Gasteiger partial charge in [0.1, 0.15) is 5.60 Å². The summed E-state index contributed by atoms with van der Waals surface area (Å²) in [4.78, 5) is 11.6. The first-order chi connectivity index (χ1) is 7.38. The van der Waals surface area contributed by atoms with Gasteiger partial charge < -0.3 is 15.8 Å².